The van der Waals surface area contributed by atoms with Gasteiger partial charge in [0, 0.05) is 19.6 Å². The highest BCUT2D eigenvalue weighted by Crippen LogP contribution is 2.24. The number of aromatic hydroxyl groups is 1. The molecule has 116 valence electrons. The third-order valence-electron chi connectivity index (χ3n) is 3.89. The van der Waals surface area contributed by atoms with Gasteiger partial charge in [0.15, 0.2) is 0 Å². The van der Waals surface area contributed by atoms with E-state index in [0.717, 1.165) is 18.7 Å². The molecular weight excluding hydrogens is 268 g/mol. The van der Waals surface area contributed by atoms with Gasteiger partial charge < -0.3 is 20.1 Å². The lowest BCUT2D eigenvalue weighted by atomic mass is 10.1. The summed E-state index contributed by atoms with van der Waals surface area (Å²) in [6.07, 6.45) is 0.348. The van der Waals surface area contributed by atoms with Gasteiger partial charge in [-0.1, -0.05) is 12.1 Å². The van der Waals surface area contributed by atoms with Crippen LogP contribution in [-0.4, -0.2) is 48.3 Å². The third-order valence-corrected chi connectivity index (χ3v) is 3.89. The number of amides is 1. The Morgan fingerprint density at radius 1 is 1.57 bits per heavy atom. The lowest BCUT2D eigenvalue weighted by molar-refractivity contribution is -0.136. The van der Waals surface area contributed by atoms with Gasteiger partial charge in [0.25, 0.3) is 0 Å². The van der Waals surface area contributed by atoms with Crippen LogP contribution in [-0.2, 0) is 9.53 Å². The summed E-state index contributed by atoms with van der Waals surface area (Å²) < 4.78 is 5.60. The molecule has 1 aromatic carbocycles. The standard InChI is InChI=1S/C16H24N2O3/c1-3-18(12(2)13-5-4-6-14(19)9-13)16(20)10-15-11-17-7-8-21-15/h4-6,9,12,15,17,19H,3,7-8,10-11H2,1-2H3. The van der Waals surface area contributed by atoms with Crippen molar-refractivity contribution in [2.45, 2.75) is 32.4 Å². The summed E-state index contributed by atoms with van der Waals surface area (Å²) in [5.74, 6) is 0.310. The summed E-state index contributed by atoms with van der Waals surface area (Å²) in [7, 11) is 0. The van der Waals surface area contributed by atoms with Gasteiger partial charge in [0.1, 0.15) is 5.75 Å². The van der Waals surface area contributed by atoms with Crippen LogP contribution in [0.4, 0.5) is 0 Å². The van der Waals surface area contributed by atoms with E-state index in [-0.39, 0.29) is 23.8 Å². The van der Waals surface area contributed by atoms with Crippen molar-refractivity contribution < 1.29 is 14.6 Å². The molecule has 0 saturated carbocycles. The predicted octanol–water partition coefficient (Wildman–Crippen LogP) is 1.68. The maximum Gasteiger partial charge on any atom is 0.225 e. The molecule has 0 bridgehead atoms. The summed E-state index contributed by atoms with van der Waals surface area (Å²) in [4.78, 5) is 14.3. The van der Waals surface area contributed by atoms with Crippen LogP contribution in [0, 0.1) is 0 Å². The molecular formula is C16H24N2O3. The van der Waals surface area contributed by atoms with Crippen LogP contribution in [0.15, 0.2) is 24.3 Å². The largest absolute Gasteiger partial charge is 0.508 e. The first-order valence-electron chi connectivity index (χ1n) is 7.52. The molecule has 21 heavy (non-hydrogen) atoms. The number of nitrogens with one attached hydrogen (secondary N) is 1. The fraction of sp³-hybridized carbons (Fsp3) is 0.562. The Balaban J connectivity index is 2.01. The average molecular weight is 292 g/mol. The SMILES string of the molecule is CCN(C(=O)CC1CNCCO1)C(C)c1cccc(O)c1. The van der Waals surface area contributed by atoms with Crippen molar-refractivity contribution in [1.29, 1.82) is 0 Å². The Labute approximate surface area is 125 Å². The van der Waals surface area contributed by atoms with Gasteiger partial charge in [0.2, 0.25) is 5.91 Å². The summed E-state index contributed by atoms with van der Waals surface area (Å²) in [5.41, 5.74) is 0.938. The molecule has 1 heterocycles. The van der Waals surface area contributed by atoms with Crippen LogP contribution >= 0.6 is 0 Å². The number of ether oxygens (including phenoxy) is 1. The first-order chi connectivity index (χ1) is 10.1. The molecule has 0 aliphatic carbocycles. The van der Waals surface area contributed by atoms with Crippen molar-refractivity contribution >= 4 is 5.91 Å². The third kappa shape index (κ3) is 4.19. The number of hydrogen-bond acceptors (Lipinski definition) is 4. The monoisotopic (exact) mass is 292 g/mol. The quantitative estimate of drug-likeness (QED) is 0.867. The van der Waals surface area contributed by atoms with Crippen LogP contribution in [0.1, 0.15) is 31.9 Å². The Hall–Kier alpha value is -1.59. The molecule has 5 heteroatoms. The van der Waals surface area contributed by atoms with Gasteiger partial charge in [0.05, 0.1) is 25.2 Å². The predicted molar refractivity (Wildman–Crippen MR) is 81.1 cm³/mol. The van der Waals surface area contributed by atoms with Crippen molar-refractivity contribution in [1.82, 2.24) is 10.2 Å². The molecule has 2 unspecified atom stereocenters. The van der Waals surface area contributed by atoms with E-state index in [1.165, 1.54) is 0 Å². The average Bonchev–Trinajstić information content (AvgIpc) is 2.49. The Kier molecular flexibility index (Phi) is 5.59. The number of hydrogen-bond donors (Lipinski definition) is 2. The van der Waals surface area contributed by atoms with Crippen LogP contribution in [0.25, 0.3) is 0 Å². The molecule has 1 amide bonds. The number of carbonyl (C=O) groups is 1. The summed E-state index contributed by atoms with van der Waals surface area (Å²) in [6, 6.07) is 7.01. The van der Waals surface area contributed by atoms with Gasteiger partial charge in [-0.25, -0.2) is 0 Å². The minimum absolute atomic E-state index is 0.0447. The van der Waals surface area contributed by atoms with Gasteiger partial charge in [-0.2, -0.15) is 0 Å². The molecule has 1 saturated heterocycles. The van der Waals surface area contributed by atoms with Gasteiger partial charge in [-0.15, -0.1) is 0 Å². The van der Waals surface area contributed by atoms with Gasteiger partial charge >= 0.3 is 0 Å². The van der Waals surface area contributed by atoms with Crippen molar-refractivity contribution in [3.63, 3.8) is 0 Å². The highest BCUT2D eigenvalue weighted by atomic mass is 16.5. The highest BCUT2D eigenvalue weighted by Gasteiger charge is 2.24. The number of morpholine rings is 1. The van der Waals surface area contributed by atoms with Crippen molar-refractivity contribution in [2.24, 2.45) is 0 Å². The second kappa shape index (κ2) is 7.43. The number of benzene rings is 1. The van der Waals surface area contributed by atoms with E-state index >= 15 is 0 Å². The number of phenolic OH excluding ortho intramolecular Hbond substituents is 1. The minimum Gasteiger partial charge on any atom is -0.508 e. The molecule has 2 rings (SSSR count). The van der Waals surface area contributed by atoms with E-state index in [1.54, 1.807) is 18.2 Å². The second-order valence-corrected chi connectivity index (χ2v) is 5.35. The van der Waals surface area contributed by atoms with Crippen LogP contribution in [0.5, 0.6) is 5.75 Å². The second-order valence-electron chi connectivity index (χ2n) is 5.35. The van der Waals surface area contributed by atoms with Crippen LogP contribution in [0.2, 0.25) is 0 Å². The molecule has 0 aromatic heterocycles. The fourth-order valence-corrected chi connectivity index (χ4v) is 2.69. The van der Waals surface area contributed by atoms with E-state index in [2.05, 4.69) is 5.32 Å². The zero-order chi connectivity index (χ0) is 15.2. The highest BCUT2D eigenvalue weighted by molar-refractivity contribution is 5.77. The molecule has 5 nitrogen and oxygen atoms in total. The molecule has 2 N–H and O–H groups in total. The summed E-state index contributed by atoms with van der Waals surface area (Å²) >= 11 is 0. The van der Waals surface area contributed by atoms with E-state index in [1.807, 2.05) is 24.8 Å². The summed E-state index contributed by atoms with van der Waals surface area (Å²) in [5, 5.41) is 12.8. The number of phenols is 1. The Morgan fingerprint density at radius 3 is 3.00 bits per heavy atom. The van der Waals surface area contributed by atoms with Gasteiger partial charge in [-0.05, 0) is 31.5 Å². The summed E-state index contributed by atoms with van der Waals surface area (Å²) in [6.45, 7) is 6.82. The normalized spacial score (nSPS) is 20.0. The van der Waals surface area contributed by atoms with Crippen LogP contribution in [0.3, 0.4) is 0 Å². The van der Waals surface area contributed by atoms with E-state index in [9.17, 15) is 9.90 Å². The molecule has 2 atom stereocenters. The molecule has 0 radical (unpaired) electrons. The molecule has 1 fully saturated rings. The van der Waals surface area contributed by atoms with E-state index in [4.69, 9.17) is 4.74 Å². The van der Waals surface area contributed by atoms with Crippen molar-refractivity contribution in [3.05, 3.63) is 29.8 Å². The first-order valence-corrected chi connectivity index (χ1v) is 7.52. The fourth-order valence-electron chi connectivity index (χ4n) is 2.69. The molecule has 0 spiro atoms. The Bertz CT molecular complexity index is 472. The maximum absolute atomic E-state index is 12.5. The molecule has 1 aliphatic heterocycles. The lowest BCUT2D eigenvalue weighted by Crippen LogP contribution is -2.43. The molecule has 1 aromatic rings. The van der Waals surface area contributed by atoms with Crippen LogP contribution < -0.4 is 5.32 Å². The number of nitrogens with zero attached hydrogens (tertiary/aromatic N) is 1. The number of carbonyl (C=O) groups excluding carboxylic acids is 1. The number of rotatable bonds is 5. The molecule has 1 aliphatic rings. The first kappa shape index (κ1) is 15.8. The zero-order valence-corrected chi connectivity index (χ0v) is 12.7. The van der Waals surface area contributed by atoms with Crippen molar-refractivity contribution in [3.8, 4) is 5.75 Å². The zero-order valence-electron chi connectivity index (χ0n) is 12.7. The van der Waals surface area contributed by atoms with Gasteiger partial charge in [-0.3, -0.25) is 4.79 Å². The Morgan fingerprint density at radius 2 is 2.38 bits per heavy atom. The minimum atomic E-state index is -0.0638. The topological polar surface area (TPSA) is 61.8 Å². The van der Waals surface area contributed by atoms with E-state index in [0.29, 0.717) is 19.6 Å². The lowest BCUT2D eigenvalue weighted by Gasteiger charge is -2.31. The maximum atomic E-state index is 12.5. The smallest absolute Gasteiger partial charge is 0.225 e. The van der Waals surface area contributed by atoms with Crippen molar-refractivity contribution in [2.75, 3.05) is 26.2 Å². The van der Waals surface area contributed by atoms with E-state index < -0.39 is 0 Å².